The lowest BCUT2D eigenvalue weighted by molar-refractivity contribution is -0.123. The maximum atomic E-state index is 11.2. The Balaban J connectivity index is 1.52. The van der Waals surface area contributed by atoms with Crippen LogP contribution >= 0.6 is 11.8 Å². The molecule has 2 N–H and O–H groups in total. The van der Waals surface area contributed by atoms with Crippen LogP contribution in [0.5, 0.6) is 11.6 Å². The second-order valence-electron chi connectivity index (χ2n) is 8.14. The molecule has 0 radical (unpaired) electrons. The summed E-state index contributed by atoms with van der Waals surface area (Å²) >= 11 is 1.52. The van der Waals surface area contributed by atoms with Gasteiger partial charge in [0.1, 0.15) is 12.4 Å². The minimum absolute atomic E-state index is 0.422. The normalized spacial score (nSPS) is 15.1. The van der Waals surface area contributed by atoms with Crippen LogP contribution in [-0.2, 0) is 11.4 Å². The molecular weight excluding hydrogens is 450 g/mol. The number of likely N-dealkylation sites (N-methyl/N-ethyl adjacent to an activating group) is 1. The summed E-state index contributed by atoms with van der Waals surface area (Å²) in [5, 5.41) is 0. The first-order valence-corrected chi connectivity index (χ1v) is 12.0. The maximum absolute atomic E-state index is 11.2. The van der Waals surface area contributed by atoms with Crippen molar-refractivity contribution in [2.24, 2.45) is 5.73 Å². The zero-order valence-corrected chi connectivity index (χ0v) is 20.2. The Labute approximate surface area is 204 Å². The van der Waals surface area contributed by atoms with Gasteiger partial charge in [0, 0.05) is 31.1 Å². The Kier molecular flexibility index (Phi) is 7.87. The minimum atomic E-state index is -0.688. The van der Waals surface area contributed by atoms with Gasteiger partial charge in [-0.15, -0.1) is 0 Å². The van der Waals surface area contributed by atoms with E-state index in [2.05, 4.69) is 21.8 Å². The number of carbonyl (C=O) groups excluding carboxylic acids is 1. The van der Waals surface area contributed by atoms with Crippen LogP contribution in [0.25, 0.3) is 0 Å². The summed E-state index contributed by atoms with van der Waals surface area (Å²) in [6.07, 6.45) is 1.14. The second kappa shape index (κ2) is 11.2. The minimum Gasteiger partial charge on any atom is -0.481 e. The van der Waals surface area contributed by atoms with Crippen LogP contribution in [0.1, 0.15) is 12.5 Å². The number of hydrogen-bond donors (Lipinski definition) is 1. The predicted molar refractivity (Wildman–Crippen MR) is 132 cm³/mol. The number of amides is 1. The van der Waals surface area contributed by atoms with Gasteiger partial charge >= 0.3 is 0 Å². The maximum Gasteiger partial charge on any atom is 0.258 e. The lowest BCUT2D eigenvalue weighted by Crippen LogP contribution is -2.45. The van der Waals surface area contributed by atoms with Gasteiger partial charge in [0.25, 0.3) is 5.91 Å². The molecule has 1 fully saturated rings. The molecule has 3 aromatic rings. The number of ether oxygens (including phenoxy) is 2. The fraction of sp³-hybridized carbons (Fsp3) is 0.320. The van der Waals surface area contributed by atoms with Gasteiger partial charge < -0.3 is 25.0 Å². The van der Waals surface area contributed by atoms with Crippen molar-refractivity contribution in [3.8, 4) is 11.6 Å². The van der Waals surface area contributed by atoms with E-state index in [9.17, 15) is 4.79 Å². The lowest BCUT2D eigenvalue weighted by atomic mass is 10.2. The van der Waals surface area contributed by atoms with Gasteiger partial charge in [0.05, 0.1) is 11.1 Å². The molecule has 1 unspecified atom stereocenters. The molecule has 1 aliphatic rings. The van der Waals surface area contributed by atoms with E-state index in [0.29, 0.717) is 24.2 Å². The highest BCUT2D eigenvalue weighted by Gasteiger charge is 2.19. The molecule has 1 amide bonds. The van der Waals surface area contributed by atoms with Crippen LogP contribution in [0.3, 0.4) is 0 Å². The Morgan fingerprint density at radius 1 is 1.09 bits per heavy atom. The highest BCUT2D eigenvalue weighted by atomic mass is 32.2. The third kappa shape index (κ3) is 6.39. The van der Waals surface area contributed by atoms with E-state index in [4.69, 9.17) is 20.2 Å². The molecule has 9 heteroatoms. The molecule has 178 valence electrons. The van der Waals surface area contributed by atoms with Crippen molar-refractivity contribution in [2.75, 3.05) is 38.1 Å². The number of aromatic nitrogens is 2. The number of rotatable bonds is 9. The lowest BCUT2D eigenvalue weighted by Gasteiger charge is -2.32. The molecule has 8 nitrogen and oxygen atoms in total. The fourth-order valence-electron chi connectivity index (χ4n) is 3.38. The average molecular weight is 480 g/mol. The molecule has 0 spiro atoms. The summed E-state index contributed by atoms with van der Waals surface area (Å²) in [5.41, 5.74) is 6.35. The Morgan fingerprint density at radius 2 is 1.79 bits per heavy atom. The monoisotopic (exact) mass is 479 g/mol. The van der Waals surface area contributed by atoms with Crippen LogP contribution in [-0.4, -0.2) is 60.1 Å². The average Bonchev–Trinajstić information content (AvgIpc) is 2.85. The molecule has 2 heterocycles. The molecule has 0 aliphatic carbocycles. The molecule has 2 aromatic carbocycles. The topological polar surface area (TPSA) is 93.8 Å². The molecule has 34 heavy (non-hydrogen) atoms. The van der Waals surface area contributed by atoms with Crippen LogP contribution in [0.15, 0.2) is 70.6 Å². The summed E-state index contributed by atoms with van der Waals surface area (Å²) < 4.78 is 11.7. The van der Waals surface area contributed by atoms with Crippen molar-refractivity contribution in [3.63, 3.8) is 0 Å². The van der Waals surface area contributed by atoms with Crippen LogP contribution < -0.4 is 20.1 Å². The number of piperazine rings is 1. The van der Waals surface area contributed by atoms with Crippen LogP contribution in [0.4, 0.5) is 5.95 Å². The Hall–Kier alpha value is -3.30. The first kappa shape index (κ1) is 23.8. The van der Waals surface area contributed by atoms with Crippen molar-refractivity contribution in [1.29, 1.82) is 0 Å². The molecule has 1 aromatic heterocycles. The standard InChI is InChI=1S/C25H29N5O3S/c1-18(23(26)31)33-20-8-10-21(11-9-20)34-22-16-27-25(30-14-12-29(2)13-15-30)28-24(22)32-17-19-6-4-3-5-7-19/h3-11,16,18H,12-15,17H2,1-2H3,(H2,26,31). The van der Waals surface area contributed by atoms with E-state index in [1.165, 1.54) is 11.8 Å². The third-order valence-corrected chi connectivity index (χ3v) is 6.49. The summed E-state index contributed by atoms with van der Waals surface area (Å²) in [7, 11) is 2.12. The third-order valence-electron chi connectivity index (χ3n) is 5.48. The number of nitrogens with zero attached hydrogens (tertiary/aromatic N) is 4. The SMILES string of the molecule is CC(Oc1ccc(Sc2cnc(N3CCN(C)CC3)nc2OCc2ccccc2)cc1)C(N)=O. The van der Waals surface area contributed by atoms with Crippen molar-refractivity contribution < 1.29 is 14.3 Å². The van der Waals surface area contributed by atoms with Gasteiger partial charge in [-0.05, 0) is 43.8 Å². The van der Waals surface area contributed by atoms with Gasteiger partial charge in [-0.25, -0.2) is 4.98 Å². The van der Waals surface area contributed by atoms with Gasteiger partial charge in [-0.3, -0.25) is 4.79 Å². The van der Waals surface area contributed by atoms with E-state index < -0.39 is 12.0 Å². The zero-order valence-electron chi connectivity index (χ0n) is 19.4. The fourth-order valence-corrected chi connectivity index (χ4v) is 4.20. The number of carbonyl (C=O) groups is 1. The second-order valence-corrected chi connectivity index (χ2v) is 9.26. The Morgan fingerprint density at radius 3 is 2.47 bits per heavy atom. The van der Waals surface area contributed by atoms with Gasteiger partial charge in [0.2, 0.25) is 11.8 Å². The molecule has 1 saturated heterocycles. The highest BCUT2D eigenvalue weighted by molar-refractivity contribution is 7.99. The zero-order chi connectivity index (χ0) is 23.9. The van der Waals surface area contributed by atoms with Crippen molar-refractivity contribution in [3.05, 3.63) is 66.4 Å². The largest absolute Gasteiger partial charge is 0.481 e. The van der Waals surface area contributed by atoms with E-state index >= 15 is 0 Å². The quantitative estimate of drug-likeness (QED) is 0.500. The number of primary amides is 1. The Bertz CT molecular complexity index is 1090. The first-order valence-electron chi connectivity index (χ1n) is 11.2. The van der Waals surface area contributed by atoms with Crippen LogP contribution in [0, 0.1) is 0 Å². The molecule has 4 rings (SSSR count). The number of hydrogen-bond acceptors (Lipinski definition) is 8. The summed E-state index contributed by atoms with van der Waals surface area (Å²) in [6.45, 7) is 5.76. The summed E-state index contributed by atoms with van der Waals surface area (Å²) in [5.74, 6) is 1.32. The van der Waals surface area contributed by atoms with Crippen molar-refractivity contribution in [2.45, 2.75) is 29.4 Å². The predicted octanol–water partition coefficient (Wildman–Crippen LogP) is 3.21. The molecule has 1 atom stereocenters. The number of benzene rings is 2. The van der Waals surface area contributed by atoms with Gasteiger partial charge in [-0.2, -0.15) is 4.98 Å². The van der Waals surface area contributed by atoms with E-state index in [1.807, 2.05) is 60.8 Å². The van der Waals surface area contributed by atoms with Gasteiger partial charge in [0.15, 0.2) is 6.10 Å². The summed E-state index contributed by atoms with van der Waals surface area (Å²) in [6, 6.07) is 17.5. The summed E-state index contributed by atoms with van der Waals surface area (Å²) in [4.78, 5) is 26.9. The van der Waals surface area contributed by atoms with Crippen molar-refractivity contribution >= 4 is 23.6 Å². The van der Waals surface area contributed by atoms with E-state index in [1.54, 1.807) is 6.92 Å². The van der Waals surface area contributed by atoms with Crippen LogP contribution in [0.2, 0.25) is 0 Å². The highest BCUT2D eigenvalue weighted by Crippen LogP contribution is 2.35. The molecule has 1 aliphatic heterocycles. The van der Waals surface area contributed by atoms with Crippen molar-refractivity contribution in [1.82, 2.24) is 14.9 Å². The molecule has 0 bridgehead atoms. The van der Waals surface area contributed by atoms with E-state index in [0.717, 1.165) is 41.5 Å². The number of anilines is 1. The number of nitrogens with two attached hydrogens (primary N) is 1. The van der Waals surface area contributed by atoms with E-state index in [-0.39, 0.29) is 0 Å². The first-order chi connectivity index (χ1) is 16.5. The van der Waals surface area contributed by atoms with Gasteiger partial charge in [-0.1, -0.05) is 42.1 Å². The molecular formula is C25H29N5O3S. The molecule has 0 saturated carbocycles. The smallest absolute Gasteiger partial charge is 0.258 e.